The summed E-state index contributed by atoms with van der Waals surface area (Å²) in [6.07, 6.45) is 1.96. The summed E-state index contributed by atoms with van der Waals surface area (Å²) < 4.78 is 28.6. The number of rotatable bonds is 8. The maximum atomic E-state index is 13.7. The Morgan fingerprint density at radius 3 is 2.43 bits per heavy atom. The highest BCUT2D eigenvalue weighted by Crippen LogP contribution is 2.26. The van der Waals surface area contributed by atoms with E-state index in [2.05, 4.69) is 10.6 Å². The molecule has 37 heavy (non-hydrogen) atoms. The molecule has 2 N–H and O–H groups in total. The highest BCUT2D eigenvalue weighted by Gasteiger charge is 2.36. The normalized spacial score (nSPS) is 16.2. The van der Waals surface area contributed by atoms with Gasteiger partial charge in [-0.3, -0.25) is 9.59 Å². The van der Waals surface area contributed by atoms with Crippen LogP contribution in [0.4, 0.5) is 0 Å². The van der Waals surface area contributed by atoms with Crippen LogP contribution in [0.25, 0.3) is 0 Å². The number of halogens is 1. The Bertz CT molecular complexity index is 1360. The molecule has 3 aromatic rings. The number of nitrogens with one attached hydrogen (secondary N) is 2. The van der Waals surface area contributed by atoms with E-state index in [0.717, 1.165) is 24.0 Å². The molecular weight excluding hydrogens is 510 g/mol. The third-order valence-electron chi connectivity index (χ3n) is 6.53. The van der Waals surface area contributed by atoms with Crippen molar-refractivity contribution >= 4 is 33.4 Å². The molecule has 2 amide bonds. The van der Waals surface area contributed by atoms with Crippen LogP contribution < -0.4 is 10.6 Å². The molecule has 1 atom stereocenters. The van der Waals surface area contributed by atoms with Crippen LogP contribution >= 0.6 is 11.6 Å². The maximum absolute atomic E-state index is 13.7. The van der Waals surface area contributed by atoms with Crippen LogP contribution in [0, 0.1) is 6.92 Å². The first kappa shape index (κ1) is 26.9. The van der Waals surface area contributed by atoms with Gasteiger partial charge in [-0.1, -0.05) is 48.0 Å². The van der Waals surface area contributed by atoms with Crippen molar-refractivity contribution in [1.82, 2.24) is 14.9 Å². The van der Waals surface area contributed by atoms with E-state index in [4.69, 9.17) is 11.6 Å². The molecule has 0 unspecified atom stereocenters. The van der Waals surface area contributed by atoms with Gasteiger partial charge in [0, 0.05) is 30.2 Å². The summed E-state index contributed by atoms with van der Waals surface area (Å²) in [5.74, 6) is -0.522. The molecule has 1 aliphatic heterocycles. The molecule has 0 spiro atoms. The van der Waals surface area contributed by atoms with Gasteiger partial charge in [0.05, 0.1) is 4.90 Å². The van der Waals surface area contributed by atoms with Gasteiger partial charge >= 0.3 is 0 Å². The first-order valence-corrected chi connectivity index (χ1v) is 14.0. The zero-order valence-electron chi connectivity index (χ0n) is 20.6. The molecule has 0 aromatic heterocycles. The lowest BCUT2D eigenvalue weighted by Crippen LogP contribution is -2.48. The molecule has 7 nitrogen and oxygen atoms in total. The predicted octanol–water partition coefficient (Wildman–Crippen LogP) is 4.44. The summed E-state index contributed by atoms with van der Waals surface area (Å²) in [6.45, 7) is 2.93. The monoisotopic (exact) mass is 539 g/mol. The zero-order chi connectivity index (χ0) is 26.4. The molecular formula is C28H30ClN3O4S. The minimum Gasteiger partial charge on any atom is -0.355 e. The maximum Gasteiger partial charge on any atom is 0.251 e. The molecule has 0 aliphatic carbocycles. The molecule has 0 saturated carbocycles. The summed E-state index contributed by atoms with van der Waals surface area (Å²) in [6, 6.07) is 19.7. The Labute approximate surface area is 222 Å². The van der Waals surface area contributed by atoms with Crippen molar-refractivity contribution in [3.8, 4) is 0 Å². The van der Waals surface area contributed by atoms with E-state index < -0.39 is 16.1 Å². The Hall–Kier alpha value is -3.20. The fraction of sp³-hybridized carbons (Fsp3) is 0.286. The molecule has 4 rings (SSSR count). The summed E-state index contributed by atoms with van der Waals surface area (Å²) in [7, 11) is -4.00. The van der Waals surface area contributed by atoms with Crippen molar-refractivity contribution in [2.45, 2.75) is 50.2 Å². The quantitative estimate of drug-likeness (QED) is 0.442. The standard InChI is InChI=1S/C28H30ClN3O4S/c1-20-6-2-3-7-23(20)18-31-27(33)22-11-9-21(10-12-22)19-32(26-8-4-5-17-30-28(26)34)37(35,36)25-15-13-24(29)14-16-25/h2-3,6-7,9-16,26H,4-5,8,17-19H2,1H3,(H,30,34)(H,31,33)/t26-/m1/s1. The Kier molecular flexibility index (Phi) is 8.63. The summed E-state index contributed by atoms with van der Waals surface area (Å²) in [5, 5.41) is 6.18. The second-order valence-electron chi connectivity index (χ2n) is 9.11. The van der Waals surface area contributed by atoms with Crippen molar-refractivity contribution in [3.05, 3.63) is 100 Å². The molecule has 0 radical (unpaired) electrons. The molecule has 1 heterocycles. The van der Waals surface area contributed by atoms with Crippen LogP contribution in [0.15, 0.2) is 77.7 Å². The van der Waals surface area contributed by atoms with E-state index in [1.165, 1.54) is 28.6 Å². The van der Waals surface area contributed by atoms with Gasteiger partial charge in [-0.25, -0.2) is 8.42 Å². The van der Waals surface area contributed by atoms with Crippen LogP contribution in [0.1, 0.15) is 46.3 Å². The largest absolute Gasteiger partial charge is 0.355 e. The molecule has 1 fully saturated rings. The Morgan fingerprint density at radius 1 is 1.03 bits per heavy atom. The lowest BCUT2D eigenvalue weighted by molar-refractivity contribution is -0.124. The average Bonchev–Trinajstić information content (AvgIpc) is 3.11. The molecule has 194 valence electrons. The van der Waals surface area contributed by atoms with Gasteiger partial charge in [-0.2, -0.15) is 4.31 Å². The van der Waals surface area contributed by atoms with Gasteiger partial charge in [0.15, 0.2) is 0 Å². The second kappa shape index (κ2) is 11.9. The van der Waals surface area contributed by atoms with Crippen molar-refractivity contribution in [1.29, 1.82) is 0 Å². The highest BCUT2D eigenvalue weighted by atomic mass is 35.5. The van der Waals surface area contributed by atoms with Crippen LogP contribution in [-0.2, 0) is 27.9 Å². The Balaban J connectivity index is 1.54. The Morgan fingerprint density at radius 2 is 1.73 bits per heavy atom. The van der Waals surface area contributed by atoms with Gasteiger partial charge in [-0.05, 0) is 79.3 Å². The van der Waals surface area contributed by atoms with Gasteiger partial charge in [0.2, 0.25) is 15.9 Å². The average molecular weight is 540 g/mol. The van der Waals surface area contributed by atoms with E-state index in [0.29, 0.717) is 35.7 Å². The first-order valence-electron chi connectivity index (χ1n) is 12.2. The fourth-order valence-electron chi connectivity index (χ4n) is 4.33. The summed E-state index contributed by atoms with van der Waals surface area (Å²) in [4.78, 5) is 25.6. The number of aryl methyl sites for hydroxylation is 1. The SMILES string of the molecule is Cc1ccccc1CNC(=O)c1ccc(CN([C@@H]2CCCCNC2=O)S(=O)(=O)c2ccc(Cl)cc2)cc1. The van der Waals surface area contributed by atoms with Crippen molar-refractivity contribution in [2.75, 3.05) is 6.54 Å². The lowest BCUT2D eigenvalue weighted by atomic mass is 10.1. The summed E-state index contributed by atoms with van der Waals surface area (Å²) in [5.41, 5.74) is 3.28. The van der Waals surface area contributed by atoms with E-state index in [-0.39, 0.29) is 23.3 Å². The van der Waals surface area contributed by atoms with Crippen molar-refractivity contribution < 1.29 is 18.0 Å². The molecule has 0 bridgehead atoms. The first-order chi connectivity index (χ1) is 17.8. The van der Waals surface area contributed by atoms with Crippen LogP contribution in [0.2, 0.25) is 5.02 Å². The number of nitrogens with zero attached hydrogens (tertiary/aromatic N) is 1. The number of carbonyl (C=O) groups excluding carboxylic acids is 2. The van der Waals surface area contributed by atoms with Gasteiger partial charge < -0.3 is 10.6 Å². The zero-order valence-corrected chi connectivity index (χ0v) is 22.2. The fourth-order valence-corrected chi connectivity index (χ4v) is 6.06. The number of hydrogen-bond acceptors (Lipinski definition) is 4. The van der Waals surface area contributed by atoms with E-state index in [1.807, 2.05) is 31.2 Å². The van der Waals surface area contributed by atoms with E-state index >= 15 is 0 Å². The molecule has 1 saturated heterocycles. The van der Waals surface area contributed by atoms with Crippen LogP contribution in [-0.4, -0.2) is 37.1 Å². The van der Waals surface area contributed by atoms with Crippen LogP contribution in [0.3, 0.4) is 0 Å². The lowest BCUT2D eigenvalue weighted by Gasteiger charge is -2.29. The highest BCUT2D eigenvalue weighted by molar-refractivity contribution is 7.89. The number of amides is 2. The topological polar surface area (TPSA) is 95.6 Å². The van der Waals surface area contributed by atoms with Gasteiger partial charge in [0.1, 0.15) is 6.04 Å². The second-order valence-corrected chi connectivity index (χ2v) is 11.4. The van der Waals surface area contributed by atoms with Gasteiger partial charge in [-0.15, -0.1) is 0 Å². The van der Waals surface area contributed by atoms with E-state index in [9.17, 15) is 18.0 Å². The van der Waals surface area contributed by atoms with Crippen molar-refractivity contribution in [2.24, 2.45) is 0 Å². The van der Waals surface area contributed by atoms with Crippen LogP contribution in [0.5, 0.6) is 0 Å². The third-order valence-corrected chi connectivity index (χ3v) is 8.65. The van der Waals surface area contributed by atoms with E-state index in [1.54, 1.807) is 24.3 Å². The number of carbonyl (C=O) groups is 2. The minimum atomic E-state index is -4.00. The number of sulfonamides is 1. The summed E-state index contributed by atoms with van der Waals surface area (Å²) >= 11 is 5.96. The molecule has 1 aliphatic rings. The smallest absolute Gasteiger partial charge is 0.251 e. The molecule has 9 heteroatoms. The van der Waals surface area contributed by atoms with Gasteiger partial charge in [0.25, 0.3) is 5.91 Å². The number of benzene rings is 3. The van der Waals surface area contributed by atoms with Crippen molar-refractivity contribution in [3.63, 3.8) is 0 Å². The minimum absolute atomic E-state index is 0.00580. The number of hydrogen-bond donors (Lipinski definition) is 2. The predicted molar refractivity (Wildman–Crippen MR) is 144 cm³/mol. The molecule has 3 aromatic carbocycles. The third kappa shape index (κ3) is 6.57.